The second-order valence-corrected chi connectivity index (χ2v) is 5.17. The number of aryl methyl sites for hydroxylation is 2. The molecule has 0 aliphatic heterocycles. The van der Waals surface area contributed by atoms with Crippen molar-refractivity contribution in [3.8, 4) is 0 Å². The molecule has 0 amide bonds. The molecule has 2 rings (SSSR count). The fraction of sp³-hybridized carbons (Fsp3) is 0.545. The molecule has 2 aromatic heterocycles. The third-order valence-corrected chi connectivity index (χ3v) is 3.33. The van der Waals surface area contributed by atoms with E-state index in [2.05, 4.69) is 33.6 Å². The van der Waals surface area contributed by atoms with Crippen LogP contribution >= 0.6 is 11.3 Å². The minimum atomic E-state index is 0.412. The monoisotopic (exact) mass is 251 g/mol. The number of nitrogen functional groups attached to an aromatic ring is 1. The van der Waals surface area contributed by atoms with Gasteiger partial charge in [0.1, 0.15) is 12.2 Å². The SMILES string of the molecule is CC(C)n1cnnc1CCCc1csc(N)n1. The van der Waals surface area contributed by atoms with Gasteiger partial charge in [-0.15, -0.1) is 21.5 Å². The van der Waals surface area contributed by atoms with Crippen LogP contribution in [0.4, 0.5) is 5.13 Å². The number of anilines is 1. The van der Waals surface area contributed by atoms with Crippen LogP contribution in [-0.4, -0.2) is 19.7 Å². The molecule has 2 aromatic rings. The van der Waals surface area contributed by atoms with Gasteiger partial charge in [-0.2, -0.15) is 0 Å². The molecule has 0 aromatic carbocycles. The third-order valence-electron chi connectivity index (χ3n) is 2.61. The normalized spacial score (nSPS) is 11.2. The summed E-state index contributed by atoms with van der Waals surface area (Å²) in [5.74, 6) is 1.04. The van der Waals surface area contributed by atoms with Gasteiger partial charge in [-0.05, 0) is 26.7 Å². The molecule has 2 N–H and O–H groups in total. The molecule has 0 saturated heterocycles. The first-order valence-corrected chi connectivity index (χ1v) is 6.63. The summed E-state index contributed by atoms with van der Waals surface area (Å²) in [5.41, 5.74) is 6.66. The second kappa shape index (κ2) is 5.27. The molecular formula is C11H17N5S. The van der Waals surface area contributed by atoms with Crippen LogP contribution in [0.5, 0.6) is 0 Å². The summed E-state index contributed by atoms with van der Waals surface area (Å²) in [4.78, 5) is 4.24. The summed E-state index contributed by atoms with van der Waals surface area (Å²) < 4.78 is 2.11. The van der Waals surface area contributed by atoms with E-state index >= 15 is 0 Å². The molecule has 0 aliphatic rings. The van der Waals surface area contributed by atoms with Crippen molar-refractivity contribution in [1.82, 2.24) is 19.7 Å². The van der Waals surface area contributed by atoms with E-state index in [0.717, 1.165) is 30.8 Å². The predicted octanol–water partition coefficient (Wildman–Crippen LogP) is 2.07. The Labute approximate surface area is 105 Å². The molecule has 0 fully saturated rings. The summed E-state index contributed by atoms with van der Waals surface area (Å²) in [6.07, 6.45) is 4.68. The molecule has 0 aliphatic carbocycles. The van der Waals surface area contributed by atoms with Crippen molar-refractivity contribution >= 4 is 16.5 Å². The molecule has 0 unspecified atom stereocenters. The van der Waals surface area contributed by atoms with Crippen molar-refractivity contribution in [2.75, 3.05) is 5.73 Å². The summed E-state index contributed by atoms with van der Waals surface area (Å²) in [6.45, 7) is 4.27. The Morgan fingerprint density at radius 1 is 1.41 bits per heavy atom. The third kappa shape index (κ3) is 3.03. The van der Waals surface area contributed by atoms with Crippen LogP contribution in [0.25, 0.3) is 0 Å². The van der Waals surface area contributed by atoms with E-state index in [4.69, 9.17) is 5.73 Å². The first kappa shape index (κ1) is 12.0. The van der Waals surface area contributed by atoms with Crippen LogP contribution in [0.3, 0.4) is 0 Å². The Kier molecular flexibility index (Phi) is 3.73. The molecule has 0 atom stereocenters. The van der Waals surface area contributed by atoms with Gasteiger partial charge in [0.25, 0.3) is 0 Å². The van der Waals surface area contributed by atoms with Crippen LogP contribution in [-0.2, 0) is 12.8 Å². The molecule has 0 bridgehead atoms. The first-order valence-electron chi connectivity index (χ1n) is 5.75. The van der Waals surface area contributed by atoms with Crippen LogP contribution in [0, 0.1) is 0 Å². The van der Waals surface area contributed by atoms with Crippen molar-refractivity contribution in [3.05, 3.63) is 23.2 Å². The standard InChI is InChI=1S/C11H17N5S/c1-8(2)16-7-13-15-10(16)5-3-4-9-6-17-11(12)14-9/h6-8H,3-5H2,1-2H3,(H2,12,14). The lowest BCUT2D eigenvalue weighted by molar-refractivity contribution is 0.559. The number of nitrogens with zero attached hydrogens (tertiary/aromatic N) is 4. The summed E-state index contributed by atoms with van der Waals surface area (Å²) in [5, 5.41) is 10.8. The number of hydrogen-bond donors (Lipinski definition) is 1. The number of thiazole rings is 1. The van der Waals surface area contributed by atoms with Gasteiger partial charge in [-0.25, -0.2) is 4.98 Å². The second-order valence-electron chi connectivity index (χ2n) is 4.28. The molecule has 0 radical (unpaired) electrons. The summed E-state index contributed by atoms with van der Waals surface area (Å²) in [6, 6.07) is 0.412. The van der Waals surface area contributed by atoms with Gasteiger partial charge in [-0.1, -0.05) is 0 Å². The molecule has 6 heteroatoms. The largest absolute Gasteiger partial charge is 0.375 e. The van der Waals surface area contributed by atoms with Crippen LogP contribution in [0.1, 0.15) is 37.8 Å². The Morgan fingerprint density at radius 3 is 2.88 bits per heavy atom. The van der Waals surface area contributed by atoms with Crippen LogP contribution in [0.2, 0.25) is 0 Å². The lowest BCUT2D eigenvalue weighted by Gasteiger charge is -2.09. The highest BCUT2D eigenvalue weighted by atomic mass is 32.1. The van der Waals surface area contributed by atoms with Crippen LogP contribution < -0.4 is 5.73 Å². The van der Waals surface area contributed by atoms with Crippen molar-refractivity contribution in [2.45, 2.75) is 39.2 Å². The van der Waals surface area contributed by atoms with Crippen molar-refractivity contribution in [3.63, 3.8) is 0 Å². The Balaban J connectivity index is 1.88. The zero-order valence-corrected chi connectivity index (χ0v) is 10.9. The average molecular weight is 251 g/mol. The van der Waals surface area contributed by atoms with Gasteiger partial charge in [0.05, 0.1) is 5.69 Å². The molecule has 2 heterocycles. The maximum atomic E-state index is 5.59. The minimum absolute atomic E-state index is 0.412. The van der Waals surface area contributed by atoms with Gasteiger partial charge in [-0.3, -0.25) is 0 Å². The fourth-order valence-electron chi connectivity index (χ4n) is 1.74. The highest BCUT2D eigenvalue weighted by Crippen LogP contribution is 2.14. The topological polar surface area (TPSA) is 69.6 Å². The highest BCUT2D eigenvalue weighted by molar-refractivity contribution is 7.13. The molecule has 17 heavy (non-hydrogen) atoms. The first-order chi connectivity index (χ1) is 8.16. The lowest BCUT2D eigenvalue weighted by atomic mass is 10.2. The van der Waals surface area contributed by atoms with E-state index < -0.39 is 0 Å². The predicted molar refractivity (Wildman–Crippen MR) is 69.0 cm³/mol. The van der Waals surface area contributed by atoms with E-state index in [1.54, 1.807) is 6.33 Å². The van der Waals surface area contributed by atoms with Gasteiger partial charge in [0.15, 0.2) is 5.13 Å². The van der Waals surface area contributed by atoms with Crippen molar-refractivity contribution in [1.29, 1.82) is 0 Å². The number of rotatable bonds is 5. The fourth-order valence-corrected chi connectivity index (χ4v) is 2.34. The van der Waals surface area contributed by atoms with Crippen molar-refractivity contribution < 1.29 is 0 Å². The van der Waals surface area contributed by atoms with Gasteiger partial charge in [0.2, 0.25) is 0 Å². The van der Waals surface area contributed by atoms with Gasteiger partial charge >= 0.3 is 0 Å². The molecule has 92 valence electrons. The van der Waals surface area contributed by atoms with E-state index in [1.165, 1.54) is 11.3 Å². The maximum absolute atomic E-state index is 5.59. The molecule has 0 saturated carbocycles. The lowest BCUT2D eigenvalue weighted by Crippen LogP contribution is -2.06. The summed E-state index contributed by atoms with van der Waals surface area (Å²) >= 11 is 1.49. The Bertz CT molecular complexity index is 474. The quantitative estimate of drug-likeness (QED) is 0.883. The molecule has 0 spiro atoms. The Hall–Kier alpha value is -1.43. The smallest absolute Gasteiger partial charge is 0.180 e. The molecule has 5 nitrogen and oxygen atoms in total. The van der Waals surface area contributed by atoms with E-state index in [0.29, 0.717) is 11.2 Å². The Morgan fingerprint density at radius 2 is 2.24 bits per heavy atom. The van der Waals surface area contributed by atoms with Gasteiger partial charge in [0, 0.05) is 17.8 Å². The van der Waals surface area contributed by atoms with E-state index in [-0.39, 0.29) is 0 Å². The number of hydrogen-bond acceptors (Lipinski definition) is 5. The number of nitrogens with two attached hydrogens (primary N) is 1. The average Bonchev–Trinajstić information content (AvgIpc) is 2.87. The van der Waals surface area contributed by atoms with Gasteiger partial charge < -0.3 is 10.3 Å². The maximum Gasteiger partial charge on any atom is 0.180 e. The highest BCUT2D eigenvalue weighted by Gasteiger charge is 2.07. The zero-order chi connectivity index (χ0) is 12.3. The van der Waals surface area contributed by atoms with E-state index in [1.807, 2.05) is 5.38 Å². The number of aromatic nitrogens is 4. The van der Waals surface area contributed by atoms with Crippen LogP contribution in [0.15, 0.2) is 11.7 Å². The minimum Gasteiger partial charge on any atom is -0.375 e. The van der Waals surface area contributed by atoms with Crippen molar-refractivity contribution in [2.24, 2.45) is 0 Å². The zero-order valence-electron chi connectivity index (χ0n) is 10.1. The summed E-state index contributed by atoms with van der Waals surface area (Å²) in [7, 11) is 0. The van der Waals surface area contributed by atoms with E-state index in [9.17, 15) is 0 Å². The molecular weight excluding hydrogens is 234 g/mol.